The Morgan fingerprint density at radius 2 is 2.07 bits per heavy atom. The predicted octanol–water partition coefficient (Wildman–Crippen LogP) is 4.26. The summed E-state index contributed by atoms with van der Waals surface area (Å²) in [5, 5.41) is 6.72. The van der Waals surface area contributed by atoms with Gasteiger partial charge in [-0.05, 0) is 38.7 Å². The molecule has 2 heterocycles. The molecule has 3 rings (SSSR count). The number of unbranched alkanes of at least 4 members (excludes halogenated alkanes) is 1. The van der Waals surface area contributed by atoms with Gasteiger partial charge in [0.05, 0.1) is 23.4 Å². The van der Waals surface area contributed by atoms with Crippen molar-refractivity contribution in [3.05, 3.63) is 58.4 Å². The van der Waals surface area contributed by atoms with E-state index >= 15 is 0 Å². The highest BCUT2D eigenvalue weighted by atomic mass is 32.1. The fourth-order valence-electron chi connectivity index (χ4n) is 3.07. The molecule has 154 valence electrons. The maximum absolute atomic E-state index is 4.78. The van der Waals surface area contributed by atoms with Gasteiger partial charge in [-0.3, -0.25) is 4.99 Å². The second kappa shape index (κ2) is 10.8. The number of nitrogens with zero attached hydrogens (tertiary/aromatic N) is 4. The molecule has 0 radical (unpaired) electrons. The monoisotopic (exact) mass is 410 g/mol. The molecule has 2 N–H and O–H groups in total. The Balaban J connectivity index is 1.51. The molecule has 29 heavy (non-hydrogen) atoms. The first-order valence-electron chi connectivity index (χ1n) is 10.2. The molecule has 3 aromatic rings. The number of H-pyrrole nitrogens is 1. The van der Waals surface area contributed by atoms with Crippen molar-refractivity contribution in [2.24, 2.45) is 4.99 Å². The van der Waals surface area contributed by atoms with E-state index in [1.807, 2.05) is 38.4 Å². The van der Waals surface area contributed by atoms with E-state index in [1.54, 1.807) is 11.3 Å². The van der Waals surface area contributed by atoms with Crippen molar-refractivity contribution in [1.29, 1.82) is 0 Å². The first-order chi connectivity index (χ1) is 14.2. The van der Waals surface area contributed by atoms with Gasteiger partial charge in [0.25, 0.3) is 0 Å². The molecule has 1 aromatic carbocycles. The first kappa shape index (κ1) is 21.0. The summed E-state index contributed by atoms with van der Waals surface area (Å²) in [6.07, 6.45) is 5.09. The largest absolute Gasteiger partial charge is 0.357 e. The van der Waals surface area contributed by atoms with Crippen LogP contribution in [0.4, 0.5) is 0 Å². The van der Waals surface area contributed by atoms with Crippen molar-refractivity contribution in [2.75, 3.05) is 20.1 Å². The van der Waals surface area contributed by atoms with Crippen LogP contribution in [0.5, 0.6) is 0 Å². The zero-order valence-electron chi connectivity index (χ0n) is 17.5. The molecule has 6 nitrogen and oxygen atoms in total. The quantitative estimate of drug-likeness (QED) is 0.314. The minimum absolute atomic E-state index is 0.678. The van der Waals surface area contributed by atoms with Gasteiger partial charge < -0.3 is 15.2 Å². The SMILES string of the molecule is CCNC(=NCCCCc1nc(C)cs1)N(C)Cc1ncc(-c2ccccc2)[nH]1. The molecule has 0 spiro atoms. The number of imidazole rings is 1. The fourth-order valence-corrected chi connectivity index (χ4v) is 3.89. The fraction of sp³-hybridized carbons (Fsp3) is 0.409. The lowest BCUT2D eigenvalue weighted by Crippen LogP contribution is -2.38. The molecule has 0 fully saturated rings. The molecule has 2 aromatic heterocycles. The zero-order valence-corrected chi connectivity index (χ0v) is 18.3. The number of hydrogen-bond acceptors (Lipinski definition) is 4. The number of nitrogens with one attached hydrogen (secondary N) is 2. The molecular formula is C22H30N6S. The Hall–Kier alpha value is -2.67. The van der Waals surface area contributed by atoms with E-state index in [0.29, 0.717) is 6.54 Å². The number of thiazole rings is 1. The normalized spacial score (nSPS) is 11.6. The Kier molecular flexibility index (Phi) is 7.81. The summed E-state index contributed by atoms with van der Waals surface area (Å²) in [4.78, 5) is 19.4. The van der Waals surface area contributed by atoms with Crippen LogP contribution in [0.25, 0.3) is 11.3 Å². The number of aliphatic imine (C=N–C) groups is 1. The van der Waals surface area contributed by atoms with Crippen LogP contribution in [-0.4, -0.2) is 45.9 Å². The highest BCUT2D eigenvalue weighted by Gasteiger charge is 2.10. The van der Waals surface area contributed by atoms with E-state index in [2.05, 4.69) is 49.6 Å². The molecule has 0 aliphatic carbocycles. The van der Waals surface area contributed by atoms with Gasteiger partial charge in [0.1, 0.15) is 5.82 Å². The Bertz CT molecular complexity index is 899. The average molecular weight is 411 g/mol. The Morgan fingerprint density at radius 3 is 2.79 bits per heavy atom. The minimum atomic E-state index is 0.678. The Morgan fingerprint density at radius 1 is 1.24 bits per heavy atom. The number of hydrogen-bond donors (Lipinski definition) is 2. The summed E-state index contributed by atoms with van der Waals surface area (Å²) >= 11 is 1.75. The number of guanidine groups is 1. The van der Waals surface area contributed by atoms with Crippen LogP contribution in [-0.2, 0) is 13.0 Å². The van der Waals surface area contributed by atoms with Crippen molar-refractivity contribution in [3.63, 3.8) is 0 Å². The number of benzene rings is 1. The van der Waals surface area contributed by atoms with Crippen LogP contribution in [0.1, 0.15) is 36.3 Å². The molecule has 7 heteroatoms. The minimum Gasteiger partial charge on any atom is -0.357 e. The number of rotatable bonds is 9. The second-order valence-corrected chi connectivity index (χ2v) is 7.98. The van der Waals surface area contributed by atoms with Crippen LogP contribution in [0, 0.1) is 6.92 Å². The molecule has 0 atom stereocenters. The number of aromatic amines is 1. The predicted molar refractivity (Wildman–Crippen MR) is 121 cm³/mol. The van der Waals surface area contributed by atoms with E-state index in [9.17, 15) is 0 Å². The van der Waals surface area contributed by atoms with E-state index in [1.165, 1.54) is 5.01 Å². The van der Waals surface area contributed by atoms with Gasteiger partial charge in [-0.1, -0.05) is 30.3 Å². The van der Waals surface area contributed by atoms with Gasteiger partial charge in [0, 0.05) is 31.2 Å². The third-order valence-electron chi connectivity index (χ3n) is 4.52. The van der Waals surface area contributed by atoms with Gasteiger partial charge in [-0.2, -0.15) is 0 Å². The highest BCUT2D eigenvalue weighted by molar-refractivity contribution is 7.09. The van der Waals surface area contributed by atoms with Gasteiger partial charge in [0.15, 0.2) is 5.96 Å². The standard InChI is InChI=1S/C22H30N6S/c1-4-23-22(24-13-9-8-12-21-26-17(2)16-29-21)28(3)15-20-25-14-19(27-20)18-10-6-5-7-11-18/h5-7,10-11,14,16H,4,8-9,12-13,15H2,1-3H3,(H,23,24)(H,25,27). The smallest absolute Gasteiger partial charge is 0.194 e. The van der Waals surface area contributed by atoms with Gasteiger partial charge in [0.2, 0.25) is 0 Å². The molecule has 0 unspecified atom stereocenters. The van der Waals surface area contributed by atoms with E-state index < -0.39 is 0 Å². The third-order valence-corrected chi connectivity index (χ3v) is 5.55. The molecule has 0 saturated heterocycles. The van der Waals surface area contributed by atoms with E-state index in [-0.39, 0.29) is 0 Å². The number of aryl methyl sites for hydroxylation is 2. The highest BCUT2D eigenvalue weighted by Crippen LogP contribution is 2.16. The summed E-state index contributed by atoms with van der Waals surface area (Å²) in [7, 11) is 2.05. The summed E-state index contributed by atoms with van der Waals surface area (Å²) < 4.78 is 0. The van der Waals surface area contributed by atoms with Crippen molar-refractivity contribution in [2.45, 2.75) is 39.7 Å². The lowest BCUT2D eigenvalue weighted by molar-refractivity contribution is 0.463. The molecule has 0 bridgehead atoms. The average Bonchev–Trinajstić information content (AvgIpc) is 3.36. The van der Waals surface area contributed by atoms with Crippen LogP contribution >= 0.6 is 11.3 Å². The van der Waals surface area contributed by atoms with Crippen molar-refractivity contribution < 1.29 is 0 Å². The summed E-state index contributed by atoms with van der Waals surface area (Å²) in [5.74, 6) is 1.84. The van der Waals surface area contributed by atoms with Gasteiger partial charge in [-0.25, -0.2) is 9.97 Å². The first-order valence-corrected chi connectivity index (χ1v) is 11.0. The second-order valence-electron chi connectivity index (χ2n) is 7.04. The lowest BCUT2D eigenvalue weighted by atomic mass is 10.2. The lowest BCUT2D eigenvalue weighted by Gasteiger charge is -2.21. The van der Waals surface area contributed by atoms with Gasteiger partial charge in [-0.15, -0.1) is 11.3 Å². The molecule has 0 amide bonds. The Labute approximate surface area is 177 Å². The molecule has 0 aliphatic rings. The van der Waals surface area contributed by atoms with Crippen molar-refractivity contribution in [3.8, 4) is 11.3 Å². The molecule has 0 aliphatic heterocycles. The van der Waals surface area contributed by atoms with Gasteiger partial charge >= 0.3 is 0 Å². The van der Waals surface area contributed by atoms with Crippen LogP contribution < -0.4 is 5.32 Å². The van der Waals surface area contributed by atoms with Crippen LogP contribution in [0.3, 0.4) is 0 Å². The zero-order chi connectivity index (χ0) is 20.5. The third kappa shape index (κ3) is 6.42. The van der Waals surface area contributed by atoms with Crippen molar-refractivity contribution >= 4 is 17.3 Å². The number of aromatic nitrogens is 3. The summed E-state index contributed by atoms with van der Waals surface area (Å²) in [6.45, 7) is 6.47. The van der Waals surface area contributed by atoms with Crippen LogP contribution in [0.15, 0.2) is 46.9 Å². The van der Waals surface area contributed by atoms with E-state index in [4.69, 9.17) is 4.99 Å². The maximum atomic E-state index is 4.78. The summed E-state index contributed by atoms with van der Waals surface area (Å²) in [6, 6.07) is 10.3. The van der Waals surface area contributed by atoms with E-state index in [0.717, 1.165) is 61.1 Å². The van der Waals surface area contributed by atoms with Crippen molar-refractivity contribution in [1.82, 2.24) is 25.2 Å². The topological polar surface area (TPSA) is 69.2 Å². The molecular weight excluding hydrogens is 380 g/mol. The summed E-state index contributed by atoms with van der Waals surface area (Å²) in [5.41, 5.74) is 3.30. The maximum Gasteiger partial charge on any atom is 0.194 e. The molecule has 0 saturated carbocycles. The van der Waals surface area contributed by atoms with Crippen LogP contribution in [0.2, 0.25) is 0 Å².